The van der Waals surface area contributed by atoms with Crippen LogP contribution in [0.15, 0.2) is 23.4 Å². The highest BCUT2D eigenvalue weighted by atomic mass is 35.5. The molecule has 0 atom stereocenters. The molecule has 0 saturated heterocycles. The molecule has 0 fully saturated rings. The molecule has 25 heavy (non-hydrogen) atoms. The molecule has 0 amide bonds. The largest absolute Gasteiger partial charge is 0.478 e. The van der Waals surface area contributed by atoms with Crippen LogP contribution in [0.25, 0.3) is 0 Å². The normalized spacial score (nSPS) is 14.3. The third-order valence-corrected chi connectivity index (χ3v) is 3.87. The zero-order valence-electron chi connectivity index (χ0n) is 13.2. The van der Waals surface area contributed by atoms with E-state index in [-0.39, 0.29) is 45.9 Å². The molecule has 1 aliphatic rings. The molecule has 0 aliphatic carbocycles. The van der Waals surface area contributed by atoms with E-state index in [1.165, 1.54) is 12.1 Å². The van der Waals surface area contributed by atoms with Gasteiger partial charge in [0.2, 0.25) is 0 Å². The maximum atomic E-state index is 12.2. The monoisotopic (exact) mass is 389 g/mol. The minimum Gasteiger partial charge on any atom is -0.478 e. The molecule has 0 unspecified atom stereocenters. The molecule has 0 radical (unpaired) electrons. The zero-order valence-corrected chi connectivity index (χ0v) is 14.7. The number of aromatic carboxylic acids is 1. The van der Waals surface area contributed by atoms with E-state index in [4.69, 9.17) is 32.7 Å². The van der Waals surface area contributed by atoms with Crippen LogP contribution in [-0.4, -0.2) is 50.6 Å². The number of carboxylic acids is 1. The van der Waals surface area contributed by atoms with Gasteiger partial charge in [0.05, 0.1) is 42.7 Å². The summed E-state index contributed by atoms with van der Waals surface area (Å²) in [7, 11) is 2.26. The van der Waals surface area contributed by atoms with E-state index in [0.29, 0.717) is 0 Å². The van der Waals surface area contributed by atoms with Gasteiger partial charge in [-0.25, -0.2) is 14.4 Å². The first-order valence-corrected chi connectivity index (χ1v) is 7.54. The second-order valence-corrected chi connectivity index (χ2v) is 5.65. The average Bonchev–Trinajstić information content (AvgIpc) is 2.59. The molecule has 1 N–H and O–H groups in total. The number of rotatable bonds is 4. The van der Waals surface area contributed by atoms with Crippen molar-refractivity contribution in [2.75, 3.05) is 32.5 Å². The van der Waals surface area contributed by atoms with E-state index in [1.54, 1.807) is 0 Å². The number of esters is 2. The predicted octanol–water partition coefficient (Wildman–Crippen LogP) is 2.09. The molecule has 8 nitrogen and oxygen atoms in total. The molecule has 10 heteroatoms. The van der Waals surface area contributed by atoms with Crippen LogP contribution in [-0.2, 0) is 23.8 Å². The van der Waals surface area contributed by atoms with Crippen molar-refractivity contribution < 1.29 is 33.7 Å². The molecule has 1 aromatic carbocycles. The van der Waals surface area contributed by atoms with E-state index in [9.17, 15) is 19.5 Å². The molecular formula is C15H13Cl2NO7. The number of benzene rings is 1. The first kappa shape index (κ1) is 19.0. The molecule has 0 aromatic heterocycles. The first-order chi connectivity index (χ1) is 11.8. The summed E-state index contributed by atoms with van der Waals surface area (Å²) in [6.45, 7) is -0.437. The highest BCUT2D eigenvalue weighted by Crippen LogP contribution is 2.37. The molecule has 0 saturated carbocycles. The summed E-state index contributed by atoms with van der Waals surface area (Å²) in [4.78, 5) is 36.9. The quantitative estimate of drug-likeness (QED) is 0.780. The van der Waals surface area contributed by atoms with Gasteiger partial charge in [0.1, 0.15) is 12.4 Å². The standard InChI is InChI=1S/C15H13Cl2NO7/c1-23-14(21)9-5-25-6-18(12(9)15(22)24-2)11-8(13(19)20)3-7(16)4-10(11)17/h3-4H,5-6H2,1-2H3,(H,19,20). The Morgan fingerprint density at radius 1 is 1.16 bits per heavy atom. The number of hydrogen-bond acceptors (Lipinski definition) is 7. The van der Waals surface area contributed by atoms with Crippen molar-refractivity contribution in [2.45, 2.75) is 0 Å². The van der Waals surface area contributed by atoms with E-state index in [1.807, 2.05) is 0 Å². The maximum absolute atomic E-state index is 12.2. The Morgan fingerprint density at radius 2 is 1.80 bits per heavy atom. The molecule has 1 aromatic rings. The minimum absolute atomic E-state index is 0.0407. The van der Waals surface area contributed by atoms with Crippen LogP contribution in [0, 0.1) is 0 Å². The van der Waals surface area contributed by atoms with Crippen LogP contribution in [0.5, 0.6) is 0 Å². The molecule has 2 rings (SSSR count). The SMILES string of the molecule is COC(=O)C1=C(C(=O)OC)N(c2c(Cl)cc(Cl)cc2C(=O)O)COC1. The van der Waals surface area contributed by atoms with E-state index in [2.05, 4.69) is 4.74 Å². The second-order valence-electron chi connectivity index (χ2n) is 4.80. The second kappa shape index (κ2) is 7.73. The summed E-state index contributed by atoms with van der Waals surface area (Å²) in [6, 6.07) is 2.48. The number of carbonyl (C=O) groups excluding carboxylic acids is 2. The number of methoxy groups -OCH3 is 2. The number of nitrogens with zero attached hydrogens (tertiary/aromatic N) is 1. The maximum Gasteiger partial charge on any atom is 0.355 e. The van der Waals surface area contributed by atoms with Gasteiger partial charge >= 0.3 is 17.9 Å². The van der Waals surface area contributed by atoms with Crippen LogP contribution in [0.1, 0.15) is 10.4 Å². The topological polar surface area (TPSA) is 102 Å². The lowest BCUT2D eigenvalue weighted by Crippen LogP contribution is -2.39. The fourth-order valence-electron chi connectivity index (χ4n) is 2.32. The van der Waals surface area contributed by atoms with Crippen molar-refractivity contribution in [2.24, 2.45) is 0 Å². The third kappa shape index (κ3) is 3.71. The van der Waals surface area contributed by atoms with Crippen LogP contribution in [0.3, 0.4) is 0 Å². The Hall–Kier alpha value is -2.29. The Balaban J connectivity index is 2.74. The summed E-state index contributed by atoms with van der Waals surface area (Å²) in [5.74, 6) is -3.01. The minimum atomic E-state index is -1.33. The predicted molar refractivity (Wildman–Crippen MR) is 87.8 cm³/mol. The van der Waals surface area contributed by atoms with Crippen molar-refractivity contribution in [1.82, 2.24) is 0 Å². The van der Waals surface area contributed by atoms with E-state index in [0.717, 1.165) is 19.1 Å². The molecule has 0 spiro atoms. The lowest BCUT2D eigenvalue weighted by molar-refractivity contribution is -0.140. The van der Waals surface area contributed by atoms with Gasteiger partial charge in [0, 0.05) is 5.02 Å². The zero-order chi connectivity index (χ0) is 18.7. The number of halogens is 2. The third-order valence-electron chi connectivity index (χ3n) is 3.36. The number of carboxylic acid groups (broad SMARTS) is 1. The van der Waals surface area contributed by atoms with Crippen LogP contribution in [0.4, 0.5) is 5.69 Å². The Labute approximate surface area is 152 Å². The summed E-state index contributed by atoms with van der Waals surface area (Å²) in [5.41, 5.74) is -0.663. The van der Waals surface area contributed by atoms with Gasteiger partial charge in [0.25, 0.3) is 0 Å². The van der Waals surface area contributed by atoms with Crippen molar-refractivity contribution in [3.05, 3.63) is 39.0 Å². The molecule has 1 heterocycles. The lowest BCUT2D eigenvalue weighted by Gasteiger charge is -2.32. The van der Waals surface area contributed by atoms with Crippen LogP contribution in [0.2, 0.25) is 10.0 Å². The lowest BCUT2D eigenvalue weighted by atomic mass is 10.1. The number of hydrogen-bond donors (Lipinski definition) is 1. The van der Waals surface area contributed by atoms with Crippen molar-refractivity contribution in [3.63, 3.8) is 0 Å². The average molecular weight is 390 g/mol. The van der Waals surface area contributed by atoms with Gasteiger partial charge < -0.3 is 24.2 Å². The van der Waals surface area contributed by atoms with Gasteiger partial charge in [-0.05, 0) is 12.1 Å². The van der Waals surface area contributed by atoms with Gasteiger partial charge in [-0.3, -0.25) is 0 Å². The van der Waals surface area contributed by atoms with Gasteiger partial charge in [-0.2, -0.15) is 0 Å². The number of anilines is 1. The highest BCUT2D eigenvalue weighted by molar-refractivity contribution is 6.37. The molecular weight excluding hydrogens is 377 g/mol. The Kier molecular flexibility index (Phi) is 5.89. The smallest absolute Gasteiger partial charge is 0.355 e. The van der Waals surface area contributed by atoms with E-state index < -0.39 is 17.9 Å². The first-order valence-electron chi connectivity index (χ1n) is 6.79. The summed E-state index contributed by atoms with van der Waals surface area (Å²) in [6.07, 6.45) is 0. The van der Waals surface area contributed by atoms with Crippen molar-refractivity contribution >= 4 is 46.8 Å². The van der Waals surface area contributed by atoms with Crippen molar-refractivity contribution in [1.29, 1.82) is 0 Å². The molecule has 134 valence electrons. The van der Waals surface area contributed by atoms with Crippen molar-refractivity contribution in [3.8, 4) is 0 Å². The Morgan fingerprint density at radius 3 is 2.36 bits per heavy atom. The summed E-state index contributed by atoms with van der Waals surface area (Å²) in [5, 5.41) is 9.50. The fraction of sp³-hybridized carbons (Fsp3) is 0.267. The van der Waals surface area contributed by atoms with Gasteiger partial charge in [0.15, 0.2) is 0 Å². The highest BCUT2D eigenvalue weighted by Gasteiger charge is 2.35. The Bertz CT molecular complexity index is 775. The number of carbonyl (C=O) groups is 3. The van der Waals surface area contributed by atoms with Crippen LogP contribution >= 0.6 is 23.2 Å². The van der Waals surface area contributed by atoms with E-state index >= 15 is 0 Å². The fourth-order valence-corrected chi connectivity index (χ4v) is 2.92. The van der Waals surface area contributed by atoms with Gasteiger partial charge in [-0.1, -0.05) is 23.2 Å². The van der Waals surface area contributed by atoms with Crippen LogP contribution < -0.4 is 4.90 Å². The van der Waals surface area contributed by atoms with Gasteiger partial charge in [-0.15, -0.1) is 0 Å². The summed E-state index contributed by atoms with van der Waals surface area (Å²) < 4.78 is 14.6. The molecule has 0 bridgehead atoms. The number of ether oxygens (including phenoxy) is 3. The molecule has 1 aliphatic heterocycles. The summed E-state index contributed by atoms with van der Waals surface area (Å²) >= 11 is 12.0.